The zero-order valence-electron chi connectivity index (χ0n) is 19.1. The van der Waals surface area contributed by atoms with Crippen molar-refractivity contribution >= 4 is 17.5 Å². The number of carbonyl (C=O) groups excluding carboxylic acids is 1. The molecule has 1 unspecified atom stereocenters. The minimum Gasteiger partial charge on any atom is -0.457 e. The Morgan fingerprint density at radius 1 is 0.971 bits per heavy atom. The SMILES string of the molecule is CC1=C(C(=O)Nc2cccc(C)c2C)C(c2cccc(Oc3ccccc3)c2)n2nnnc2N1. The Bertz CT molecular complexity index is 1390. The van der Waals surface area contributed by atoms with E-state index < -0.39 is 6.04 Å². The van der Waals surface area contributed by atoms with Crippen molar-refractivity contribution in [2.45, 2.75) is 26.8 Å². The number of fused-ring (bicyclic) bond motifs is 1. The van der Waals surface area contributed by atoms with Crippen LogP contribution in [0.3, 0.4) is 0 Å². The van der Waals surface area contributed by atoms with Gasteiger partial charge in [0.1, 0.15) is 17.5 Å². The third-order valence-electron chi connectivity index (χ3n) is 5.96. The number of hydrogen-bond donors (Lipinski definition) is 2. The number of amides is 1. The maximum atomic E-state index is 13.6. The Morgan fingerprint density at radius 2 is 1.74 bits per heavy atom. The van der Waals surface area contributed by atoms with Gasteiger partial charge < -0.3 is 15.4 Å². The van der Waals surface area contributed by atoms with Crippen molar-refractivity contribution in [3.05, 3.63) is 101 Å². The molecule has 1 atom stereocenters. The van der Waals surface area contributed by atoms with Gasteiger partial charge in [-0.15, -0.1) is 0 Å². The second-order valence-corrected chi connectivity index (χ2v) is 8.20. The number of benzene rings is 3. The number of nitrogens with zero attached hydrogens (tertiary/aromatic N) is 4. The van der Waals surface area contributed by atoms with Crippen molar-refractivity contribution < 1.29 is 9.53 Å². The topological polar surface area (TPSA) is 94.0 Å². The van der Waals surface area contributed by atoms with E-state index in [1.165, 1.54) is 0 Å². The Morgan fingerprint density at radius 3 is 2.56 bits per heavy atom. The highest BCUT2D eigenvalue weighted by Crippen LogP contribution is 2.37. The molecular weight excluding hydrogens is 428 g/mol. The highest BCUT2D eigenvalue weighted by Gasteiger charge is 2.34. The summed E-state index contributed by atoms with van der Waals surface area (Å²) in [5, 5.41) is 18.3. The first-order valence-electron chi connectivity index (χ1n) is 11.0. The van der Waals surface area contributed by atoms with Gasteiger partial charge in [0.15, 0.2) is 0 Å². The molecule has 1 aliphatic heterocycles. The van der Waals surface area contributed by atoms with Gasteiger partial charge in [-0.3, -0.25) is 4.79 Å². The largest absolute Gasteiger partial charge is 0.457 e. The van der Waals surface area contributed by atoms with Crippen LogP contribution >= 0.6 is 0 Å². The minimum absolute atomic E-state index is 0.223. The van der Waals surface area contributed by atoms with Gasteiger partial charge in [0, 0.05) is 11.4 Å². The monoisotopic (exact) mass is 452 g/mol. The molecule has 4 aromatic rings. The summed E-state index contributed by atoms with van der Waals surface area (Å²) in [5.41, 5.74) is 4.94. The molecule has 0 saturated heterocycles. The van der Waals surface area contributed by atoms with E-state index in [4.69, 9.17) is 4.74 Å². The number of anilines is 2. The summed E-state index contributed by atoms with van der Waals surface area (Å²) in [6, 6.07) is 22.5. The standard InChI is InChI=1S/C26H24N6O2/c1-16-9-7-14-22(17(16)2)28-25(33)23-18(3)27-26-29-30-31-32(26)24(23)19-10-8-13-21(15-19)34-20-11-5-4-6-12-20/h4-15,24H,1-3H3,(H,28,33)(H,27,29,31). The second kappa shape index (κ2) is 8.82. The molecule has 2 heterocycles. The molecule has 8 nitrogen and oxygen atoms in total. The molecule has 8 heteroatoms. The van der Waals surface area contributed by atoms with E-state index in [9.17, 15) is 4.79 Å². The highest BCUT2D eigenvalue weighted by molar-refractivity contribution is 6.06. The van der Waals surface area contributed by atoms with Gasteiger partial charge in [-0.05, 0) is 78.2 Å². The van der Waals surface area contributed by atoms with Gasteiger partial charge in [0.2, 0.25) is 5.95 Å². The summed E-state index contributed by atoms with van der Waals surface area (Å²) in [5.74, 6) is 1.64. The predicted molar refractivity (Wildman–Crippen MR) is 130 cm³/mol. The van der Waals surface area contributed by atoms with Gasteiger partial charge in [-0.1, -0.05) is 47.6 Å². The smallest absolute Gasteiger partial charge is 0.255 e. The summed E-state index contributed by atoms with van der Waals surface area (Å²) in [6.07, 6.45) is 0. The Kier molecular flexibility index (Phi) is 5.55. The lowest BCUT2D eigenvalue weighted by Gasteiger charge is -2.28. The number of tetrazole rings is 1. The van der Waals surface area contributed by atoms with Crippen LogP contribution in [0.4, 0.5) is 11.6 Å². The first-order valence-corrected chi connectivity index (χ1v) is 11.0. The maximum Gasteiger partial charge on any atom is 0.255 e. The first kappa shape index (κ1) is 21.4. The molecule has 0 bridgehead atoms. The normalized spacial score (nSPS) is 14.9. The molecule has 0 aliphatic carbocycles. The molecule has 3 aromatic carbocycles. The van der Waals surface area contributed by atoms with Crippen molar-refractivity contribution in [2.24, 2.45) is 0 Å². The zero-order valence-corrected chi connectivity index (χ0v) is 19.1. The van der Waals surface area contributed by atoms with Gasteiger partial charge in [0.05, 0.1) is 5.57 Å². The highest BCUT2D eigenvalue weighted by atomic mass is 16.5. The lowest BCUT2D eigenvalue weighted by Crippen LogP contribution is -2.31. The summed E-state index contributed by atoms with van der Waals surface area (Å²) in [4.78, 5) is 13.6. The fourth-order valence-corrected chi connectivity index (χ4v) is 4.06. The molecule has 5 rings (SSSR count). The Labute approximate surface area is 197 Å². The number of hydrogen-bond acceptors (Lipinski definition) is 6. The fourth-order valence-electron chi connectivity index (χ4n) is 4.06. The van der Waals surface area contributed by atoms with Crippen molar-refractivity contribution in [3.63, 3.8) is 0 Å². The van der Waals surface area contributed by atoms with E-state index in [0.29, 0.717) is 23.0 Å². The zero-order chi connectivity index (χ0) is 23.7. The van der Waals surface area contributed by atoms with Crippen LogP contribution in [0.1, 0.15) is 29.7 Å². The maximum absolute atomic E-state index is 13.6. The number of allylic oxidation sites excluding steroid dienone is 1. The number of ether oxygens (including phenoxy) is 1. The number of aryl methyl sites for hydroxylation is 1. The average molecular weight is 453 g/mol. The van der Waals surface area contributed by atoms with Crippen LogP contribution in [0.15, 0.2) is 84.1 Å². The first-order chi connectivity index (χ1) is 16.5. The number of para-hydroxylation sites is 1. The average Bonchev–Trinajstić information content (AvgIpc) is 3.30. The van der Waals surface area contributed by atoms with Crippen LogP contribution in [0.5, 0.6) is 11.5 Å². The lowest BCUT2D eigenvalue weighted by molar-refractivity contribution is -0.113. The van der Waals surface area contributed by atoms with E-state index in [-0.39, 0.29) is 5.91 Å². The Hall–Kier alpha value is -4.46. The van der Waals surface area contributed by atoms with E-state index >= 15 is 0 Å². The van der Waals surface area contributed by atoms with Crippen LogP contribution in [0.25, 0.3) is 0 Å². The third kappa shape index (κ3) is 4.01. The van der Waals surface area contributed by atoms with Gasteiger partial charge in [0.25, 0.3) is 5.91 Å². The fraction of sp³-hybridized carbons (Fsp3) is 0.154. The number of aromatic nitrogens is 4. The van der Waals surface area contributed by atoms with E-state index in [2.05, 4.69) is 26.2 Å². The molecule has 34 heavy (non-hydrogen) atoms. The summed E-state index contributed by atoms with van der Waals surface area (Å²) >= 11 is 0. The van der Waals surface area contributed by atoms with Crippen LogP contribution in [0.2, 0.25) is 0 Å². The Balaban J connectivity index is 1.53. The van der Waals surface area contributed by atoms with Crippen molar-refractivity contribution in [2.75, 3.05) is 10.6 Å². The molecule has 0 spiro atoms. The molecular formula is C26H24N6O2. The van der Waals surface area contributed by atoms with Gasteiger partial charge in [-0.2, -0.15) is 4.68 Å². The third-order valence-corrected chi connectivity index (χ3v) is 5.96. The summed E-state index contributed by atoms with van der Waals surface area (Å²) < 4.78 is 7.65. The molecule has 1 amide bonds. The van der Waals surface area contributed by atoms with Crippen LogP contribution in [-0.4, -0.2) is 26.1 Å². The summed E-state index contributed by atoms with van der Waals surface area (Å²) in [6.45, 7) is 5.87. The number of nitrogens with one attached hydrogen (secondary N) is 2. The molecule has 170 valence electrons. The second-order valence-electron chi connectivity index (χ2n) is 8.20. The molecule has 0 saturated carbocycles. The number of carbonyl (C=O) groups is 1. The van der Waals surface area contributed by atoms with Crippen LogP contribution in [0, 0.1) is 13.8 Å². The van der Waals surface area contributed by atoms with Crippen molar-refractivity contribution in [1.82, 2.24) is 20.2 Å². The van der Waals surface area contributed by atoms with E-state index in [1.807, 2.05) is 93.6 Å². The lowest BCUT2D eigenvalue weighted by atomic mass is 9.94. The van der Waals surface area contributed by atoms with Crippen LogP contribution < -0.4 is 15.4 Å². The minimum atomic E-state index is -0.532. The molecule has 0 radical (unpaired) electrons. The van der Waals surface area contributed by atoms with Gasteiger partial charge >= 0.3 is 0 Å². The number of rotatable bonds is 5. The summed E-state index contributed by atoms with van der Waals surface area (Å²) in [7, 11) is 0. The van der Waals surface area contributed by atoms with E-state index in [0.717, 1.165) is 28.1 Å². The molecule has 1 aliphatic rings. The molecule has 0 fully saturated rings. The van der Waals surface area contributed by atoms with Gasteiger partial charge in [-0.25, -0.2) is 0 Å². The molecule has 1 aromatic heterocycles. The van der Waals surface area contributed by atoms with Crippen molar-refractivity contribution in [1.29, 1.82) is 0 Å². The van der Waals surface area contributed by atoms with Crippen LogP contribution in [-0.2, 0) is 4.79 Å². The van der Waals surface area contributed by atoms with Crippen molar-refractivity contribution in [3.8, 4) is 11.5 Å². The quantitative estimate of drug-likeness (QED) is 0.442. The molecule has 2 N–H and O–H groups in total. The predicted octanol–water partition coefficient (Wildman–Crippen LogP) is 5.01. The van der Waals surface area contributed by atoms with E-state index in [1.54, 1.807) is 4.68 Å².